The second-order valence-electron chi connectivity index (χ2n) is 5.26. The maximum absolute atomic E-state index is 12.3. The van der Waals surface area contributed by atoms with E-state index in [0.717, 1.165) is 17.7 Å². The van der Waals surface area contributed by atoms with Crippen LogP contribution in [0.5, 0.6) is 0 Å². The summed E-state index contributed by atoms with van der Waals surface area (Å²) < 4.78 is 41.9. The van der Waals surface area contributed by atoms with E-state index in [2.05, 4.69) is 5.32 Å². The van der Waals surface area contributed by atoms with Gasteiger partial charge in [-0.2, -0.15) is 13.2 Å². The number of carbonyl (C=O) groups excluding carboxylic acids is 1. The Morgan fingerprint density at radius 3 is 2.37 bits per heavy atom. The number of esters is 1. The molecule has 0 aromatic carbocycles. The van der Waals surface area contributed by atoms with Crippen LogP contribution < -0.4 is 5.32 Å². The maximum Gasteiger partial charge on any atom is 0.401 e. The van der Waals surface area contributed by atoms with Gasteiger partial charge in [0.25, 0.3) is 0 Å². The van der Waals surface area contributed by atoms with Gasteiger partial charge >= 0.3 is 12.1 Å². The number of halogens is 3. The Kier molecular flexibility index (Phi) is 5.20. The van der Waals surface area contributed by atoms with Crippen LogP contribution in [0.25, 0.3) is 0 Å². The van der Waals surface area contributed by atoms with E-state index >= 15 is 0 Å². The van der Waals surface area contributed by atoms with Crippen LogP contribution in [0.15, 0.2) is 0 Å². The number of rotatable bonds is 7. The monoisotopic (exact) mass is 282 g/mol. The molecule has 1 fully saturated rings. The number of likely N-dealkylation sites (N-methyl/N-ethyl adjacent to an activating group) is 1. The van der Waals surface area contributed by atoms with E-state index in [1.54, 1.807) is 13.8 Å². The summed E-state index contributed by atoms with van der Waals surface area (Å²) in [7, 11) is 1.35. The van der Waals surface area contributed by atoms with Crippen molar-refractivity contribution in [2.24, 2.45) is 0 Å². The van der Waals surface area contributed by atoms with Crippen molar-refractivity contribution in [3.63, 3.8) is 0 Å². The van der Waals surface area contributed by atoms with Crippen LogP contribution in [0, 0.1) is 0 Å². The molecule has 0 spiro atoms. The van der Waals surface area contributed by atoms with Gasteiger partial charge in [-0.3, -0.25) is 15.0 Å². The van der Waals surface area contributed by atoms with Crippen LogP contribution in [0.1, 0.15) is 26.7 Å². The van der Waals surface area contributed by atoms with Gasteiger partial charge in [0.1, 0.15) is 5.54 Å². The highest BCUT2D eigenvalue weighted by molar-refractivity contribution is 5.80. The molecule has 1 aliphatic rings. The predicted octanol–water partition coefficient (Wildman–Crippen LogP) is 1.55. The fourth-order valence-corrected chi connectivity index (χ4v) is 2.04. The average Bonchev–Trinajstić information content (AvgIpc) is 2.98. The lowest BCUT2D eigenvalue weighted by Gasteiger charge is -2.33. The van der Waals surface area contributed by atoms with Crippen molar-refractivity contribution in [3.05, 3.63) is 0 Å². The van der Waals surface area contributed by atoms with Crippen LogP contribution in [-0.2, 0) is 9.53 Å². The molecule has 0 amide bonds. The first kappa shape index (κ1) is 16.2. The maximum atomic E-state index is 12.3. The van der Waals surface area contributed by atoms with Gasteiger partial charge in [-0.05, 0) is 33.7 Å². The Hall–Kier alpha value is -0.820. The summed E-state index contributed by atoms with van der Waals surface area (Å²) in [5.41, 5.74) is -1.10. The van der Waals surface area contributed by atoms with Gasteiger partial charge in [-0.15, -0.1) is 0 Å². The number of nitrogens with zero attached hydrogens (tertiary/aromatic N) is 1. The second-order valence-corrected chi connectivity index (χ2v) is 5.26. The molecule has 19 heavy (non-hydrogen) atoms. The van der Waals surface area contributed by atoms with Crippen molar-refractivity contribution in [2.75, 3.05) is 26.7 Å². The Bertz CT molecular complexity index is 319. The number of hydrogen-bond donors (Lipinski definition) is 1. The van der Waals surface area contributed by atoms with E-state index in [0.29, 0.717) is 0 Å². The lowest BCUT2D eigenvalue weighted by molar-refractivity contribution is -0.157. The molecule has 7 heteroatoms. The second kappa shape index (κ2) is 6.09. The van der Waals surface area contributed by atoms with E-state index < -0.39 is 24.2 Å². The smallest absolute Gasteiger partial charge is 0.401 e. The molecular formula is C12H21F3N2O2. The minimum Gasteiger partial charge on any atom is -0.465 e. The average molecular weight is 282 g/mol. The highest BCUT2D eigenvalue weighted by Crippen LogP contribution is 2.24. The van der Waals surface area contributed by atoms with Gasteiger partial charge in [0.05, 0.1) is 13.2 Å². The number of carbonyl (C=O) groups is 1. The molecule has 0 bridgehead atoms. The van der Waals surface area contributed by atoms with Gasteiger partial charge < -0.3 is 4.74 Å². The summed E-state index contributed by atoms with van der Waals surface area (Å²) in [6, 6.07) is 0.202. The topological polar surface area (TPSA) is 41.6 Å². The van der Waals surface area contributed by atoms with Crippen LogP contribution >= 0.6 is 0 Å². The van der Waals surface area contributed by atoms with Crippen LogP contribution in [0.2, 0.25) is 0 Å². The summed E-state index contributed by atoms with van der Waals surface area (Å²) in [6.45, 7) is 2.39. The molecule has 0 radical (unpaired) electrons. The molecule has 0 heterocycles. The lowest BCUT2D eigenvalue weighted by Crippen LogP contribution is -2.58. The molecule has 0 aromatic rings. The molecular weight excluding hydrogens is 261 g/mol. The normalized spacial score (nSPS) is 19.3. The third kappa shape index (κ3) is 5.78. The third-order valence-electron chi connectivity index (χ3n) is 2.86. The van der Waals surface area contributed by atoms with Crippen molar-refractivity contribution >= 4 is 5.97 Å². The van der Waals surface area contributed by atoms with Crippen molar-refractivity contribution in [2.45, 2.75) is 44.4 Å². The Balaban J connectivity index is 2.64. The van der Waals surface area contributed by atoms with E-state index in [-0.39, 0.29) is 19.2 Å². The molecule has 1 saturated carbocycles. The Morgan fingerprint density at radius 2 is 1.95 bits per heavy atom. The quantitative estimate of drug-likeness (QED) is 0.719. The highest BCUT2D eigenvalue weighted by atomic mass is 19.4. The number of hydrogen-bond acceptors (Lipinski definition) is 4. The van der Waals surface area contributed by atoms with E-state index in [4.69, 9.17) is 4.74 Å². The summed E-state index contributed by atoms with van der Waals surface area (Å²) in [5.74, 6) is -0.504. The Morgan fingerprint density at radius 1 is 1.37 bits per heavy atom. The predicted molar refractivity (Wildman–Crippen MR) is 64.7 cm³/mol. The summed E-state index contributed by atoms with van der Waals surface area (Å²) in [6.07, 6.45) is -2.39. The molecule has 112 valence electrons. The first-order valence-corrected chi connectivity index (χ1v) is 6.36. The van der Waals surface area contributed by atoms with Crippen molar-refractivity contribution in [3.8, 4) is 0 Å². The van der Waals surface area contributed by atoms with E-state index in [1.165, 1.54) is 7.05 Å². The molecule has 1 aliphatic carbocycles. The van der Waals surface area contributed by atoms with Gasteiger partial charge in [0, 0.05) is 12.6 Å². The summed E-state index contributed by atoms with van der Waals surface area (Å²) in [4.78, 5) is 13.0. The SMILES string of the molecule is CCOC(=O)C(C)(CN(C)CC(F)(F)F)NC1CC1. The zero-order valence-corrected chi connectivity index (χ0v) is 11.5. The van der Waals surface area contributed by atoms with E-state index in [1.807, 2.05) is 0 Å². The summed E-state index contributed by atoms with van der Waals surface area (Å²) >= 11 is 0. The van der Waals surface area contributed by atoms with Gasteiger partial charge in [-0.25, -0.2) is 0 Å². The Labute approximate surface area is 111 Å². The molecule has 0 aliphatic heterocycles. The zero-order chi connectivity index (χ0) is 14.7. The number of nitrogens with one attached hydrogen (secondary N) is 1. The minimum absolute atomic E-state index is 0.0398. The molecule has 0 aromatic heterocycles. The summed E-state index contributed by atoms with van der Waals surface area (Å²) in [5, 5.41) is 3.09. The van der Waals surface area contributed by atoms with Gasteiger partial charge in [0.15, 0.2) is 0 Å². The molecule has 4 nitrogen and oxygen atoms in total. The lowest BCUT2D eigenvalue weighted by atomic mass is 10.0. The number of ether oxygens (including phenoxy) is 1. The minimum atomic E-state index is -4.27. The van der Waals surface area contributed by atoms with Gasteiger partial charge in [-0.1, -0.05) is 0 Å². The molecule has 1 unspecified atom stereocenters. The largest absolute Gasteiger partial charge is 0.465 e. The van der Waals surface area contributed by atoms with E-state index in [9.17, 15) is 18.0 Å². The van der Waals surface area contributed by atoms with Crippen LogP contribution in [0.3, 0.4) is 0 Å². The molecule has 1 rings (SSSR count). The molecule has 1 atom stereocenters. The number of alkyl halides is 3. The molecule has 0 saturated heterocycles. The molecule has 1 N–H and O–H groups in total. The highest BCUT2D eigenvalue weighted by Gasteiger charge is 2.42. The fraction of sp³-hybridized carbons (Fsp3) is 0.917. The van der Waals surface area contributed by atoms with Crippen LogP contribution in [-0.4, -0.2) is 55.4 Å². The first-order chi connectivity index (χ1) is 8.66. The van der Waals surface area contributed by atoms with Crippen LogP contribution in [0.4, 0.5) is 13.2 Å². The third-order valence-corrected chi connectivity index (χ3v) is 2.86. The van der Waals surface area contributed by atoms with Gasteiger partial charge in [0.2, 0.25) is 0 Å². The van der Waals surface area contributed by atoms with Crippen molar-refractivity contribution < 1.29 is 22.7 Å². The van der Waals surface area contributed by atoms with Crippen molar-refractivity contribution in [1.82, 2.24) is 10.2 Å². The van der Waals surface area contributed by atoms with Crippen molar-refractivity contribution in [1.29, 1.82) is 0 Å². The zero-order valence-electron chi connectivity index (χ0n) is 11.5. The fourth-order valence-electron chi connectivity index (χ4n) is 2.04. The first-order valence-electron chi connectivity index (χ1n) is 6.36. The standard InChI is InChI=1S/C12H21F3N2O2/c1-4-19-10(18)11(2,16-9-5-6-9)7-17(3)8-12(13,14)15/h9,16H,4-8H2,1-3H3.